The van der Waals surface area contributed by atoms with Crippen molar-refractivity contribution in [2.75, 3.05) is 11.9 Å². The number of nitrogens with one attached hydrogen (secondary N) is 2. The van der Waals surface area contributed by atoms with Crippen LogP contribution in [0.4, 0.5) is 5.69 Å². The van der Waals surface area contributed by atoms with Crippen molar-refractivity contribution >= 4 is 11.6 Å². The average Bonchev–Trinajstić information content (AvgIpc) is 3.23. The monoisotopic (exact) mass is 362 g/mol. The molecule has 1 amide bonds. The Hall–Kier alpha value is -2.85. The van der Waals surface area contributed by atoms with Gasteiger partial charge in [-0.05, 0) is 47.7 Å². The fraction of sp³-hybridized carbons (Fsp3) is 0.261. The van der Waals surface area contributed by atoms with Gasteiger partial charge in [0.1, 0.15) is 5.76 Å². The van der Waals surface area contributed by atoms with Gasteiger partial charge < -0.3 is 9.73 Å². The van der Waals surface area contributed by atoms with Crippen LogP contribution in [0.1, 0.15) is 49.1 Å². The first-order chi connectivity index (χ1) is 13.2. The molecule has 2 N–H and O–H groups in total. The highest BCUT2D eigenvalue weighted by Crippen LogP contribution is 2.22. The van der Waals surface area contributed by atoms with E-state index in [2.05, 4.69) is 36.6 Å². The molecule has 27 heavy (non-hydrogen) atoms. The summed E-state index contributed by atoms with van der Waals surface area (Å²) in [7, 11) is 0. The minimum Gasteiger partial charge on any atom is -0.467 e. The summed E-state index contributed by atoms with van der Waals surface area (Å²) in [5.74, 6) is 1.22. The van der Waals surface area contributed by atoms with Gasteiger partial charge in [-0.25, -0.2) is 0 Å². The van der Waals surface area contributed by atoms with Crippen LogP contribution in [-0.2, 0) is 4.79 Å². The summed E-state index contributed by atoms with van der Waals surface area (Å²) in [4.78, 5) is 12.4. The van der Waals surface area contributed by atoms with E-state index in [0.717, 1.165) is 23.4 Å². The van der Waals surface area contributed by atoms with Crippen molar-refractivity contribution in [1.82, 2.24) is 5.32 Å². The zero-order valence-electron chi connectivity index (χ0n) is 15.8. The van der Waals surface area contributed by atoms with E-state index in [0.29, 0.717) is 5.92 Å². The Labute approximate surface area is 160 Å². The van der Waals surface area contributed by atoms with E-state index in [1.807, 2.05) is 54.6 Å². The van der Waals surface area contributed by atoms with E-state index < -0.39 is 0 Å². The Kier molecular flexibility index (Phi) is 6.44. The molecule has 0 spiro atoms. The number of hydrogen-bond acceptors (Lipinski definition) is 3. The summed E-state index contributed by atoms with van der Waals surface area (Å²) >= 11 is 0. The summed E-state index contributed by atoms with van der Waals surface area (Å²) < 4.78 is 5.55. The molecule has 140 valence electrons. The minimum atomic E-state index is -0.167. The van der Waals surface area contributed by atoms with Crippen LogP contribution in [0.2, 0.25) is 0 Å². The fourth-order valence-electron chi connectivity index (χ4n) is 3.01. The van der Waals surface area contributed by atoms with Crippen LogP contribution in [0.25, 0.3) is 0 Å². The summed E-state index contributed by atoms with van der Waals surface area (Å²) in [5, 5.41) is 6.24. The van der Waals surface area contributed by atoms with E-state index >= 15 is 0 Å². The Bertz CT molecular complexity index is 827. The van der Waals surface area contributed by atoms with Crippen LogP contribution in [0, 0.1) is 0 Å². The lowest BCUT2D eigenvalue weighted by atomic mass is 9.99. The minimum absolute atomic E-state index is 0.0845. The third-order valence-electron chi connectivity index (χ3n) is 4.80. The van der Waals surface area contributed by atoms with Gasteiger partial charge in [-0.1, -0.05) is 56.3 Å². The second-order valence-corrected chi connectivity index (χ2v) is 6.72. The number of amides is 1. The highest BCUT2D eigenvalue weighted by Gasteiger charge is 2.17. The van der Waals surface area contributed by atoms with Crippen molar-refractivity contribution < 1.29 is 9.21 Å². The largest absolute Gasteiger partial charge is 0.467 e. The standard InChI is InChI=1S/C23H26N2O2/c1-3-17(2)18-11-13-20(14-12-18)25-22(26)16-24-23(21-10-7-15-27-21)19-8-5-4-6-9-19/h4-15,17,23-24H,3,16H2,1-2H3,(H,25,26)/t17-,23+/m0/s1. The number of rotatable bonds is 8. The lowest BCUT2D eigenvalue weighted by molar-refractivity contribution is -0.115. The molecule has 3 rings (SSSR count). The lowest BCUT2D eigenvalue weighted by Crippen LogP contribution is -2.31. The summed E-state index contributed by atoms with van der Waals surface area (Å²) in [6, 6.07) is 21.6. The van der Waals surface area contributed by atoms with Gasteiger partial charge in [0.15, 0.2) is 0 Å². The third kappa shape index (κ3) is 5.08. The van der Waals surface area contributed by atoms with Gasteiger partial charge in [0.2, 0.25) is 5.91 Å². The number of carbonyl (C=O) groups excluding carboxylic acids is 1. The first kappa shape index (κ1) is 18.9. The molecule has 0 unspecified atom stereocenters. The smallest absolute Gasteiger partial charge is 0.238 e. The Morgan fingerprint density at radius 3 is 2.33 bits per heavy atom. The summed E-state index contributed by atoms with van der Waals surface area (Å²) in [6.45, 7) is 4.57. The zero-order chi connectivity index (χ0) is 19.1. The van der Waals surface area contributed by atoms with Gasteiger partial charge in [0, 0.05) is 5.69 Å². The van der Waals surface area contributed by atoms with Gasteiger partial charge in [0.25, 0.3) is 0 Å². The van der Waals surface area contributed by atoms with Crippen LogP contribution < -0.4 is 10.6 Å². The van der Waals surface area contributed by atoms with Gasteiger partial charge in [-0.3, -0.25) is 10.1 Å². The van der Waals surface area contributed by atoms with Crippen molar-refractivity contribution in [3.05, 3.63) is 89.9 Å². The molecule has 0 aliphatic heterocycles. The Balaban J connectivity index is 1.61. The fourth-order valence-corrected chi connectivity index (χ4v) is 3.01. The van der Waals surface area contributed by atoms with Gasteiger partial charge in [-0.15, -0.1) is 0 Å². The third-order valence-corrected chi connectivity index (χ3v) is 4.80. The number of anilines is 1. The summed E-state index contributed by atoms with van der Waals surface area (Å²) in [5.41, 5.74) is 3.15. The second-order valence-electron chi connectivity index (χ2n) is 6.72. The van der Waals surface area contributed by atoms with Crippen LogP contribution in [0.3, 0.4) is 0 Å². The maximum Gasteiger partial charge on any atom is 0.238 e. The summed E-state index contributed by atoms with van der Waals surface area (Å²) in [6.07, 6.45) is 2.75. The molecule has 0 aliphatic rings. The molecule has 0 radical (unpaired) electrons. The van der Waals surface area contributed by atoms with E-state index in [9.17, 15) is 4.79 Å². The van der Waals surface area contributed by atoms with Crippen LogP contribution >= 0.6 is 0 Å². The van der Waals surface area contributed by atoms with E-state index in [1.165, 1.54) is 5.56 Å². The molecule has 1 aromatic heterocycles. The number of carbonyl (C=O) groups is 1. The normalized spacial score (nSPS) is 13.1. The first-order valence-corrected chi connectivity index (χ1v) is 9.39. The van der Waals surface area contributed by atoms with E-state index in [1.54, 1.807) is 6.26 Å². The molecule has 0 saturated heterocycles. The number of benzene rings is 2. The zero-order valence-corrected chi connectivity index (χ0v) is 15.8. The van der Waals surface area contributed by atoms with Crippen LogP contribution in [-0.4, -0.2) is 12.5 Å². The predicted molar refractivity (Wildman–Crippen MR) is 109 cm³/mol. The predicted octanol–water partition coefficient (Wildman–Crippen LogP) is 5.11. The van der Waals surface area contributed by atoms with Gasteiger partial charge >= 0.3 is 0 Å². The topological polar surface area (TPSA) is 54.3 Å². The molecule has 4 heteroatoms. The Morgan fingerprint density at radius 2 is 1.70 bits per heavy atom. The maximum atomic E-state index is 12.4. The molecule has 0 fully saturated rings. The van der Waals surface area contributed by atoms with E-state index in [4.69, 9.17) is 4.42 Å². The quantitative estimate of drug-likeness (QED) is 0.585. The molecule has 4 nitrogen and oxygen atoms in total. The molecule has 2 atom stereocenters. The number of hydrogen-bond donors (Lipinski definition) is 2. The van der Waals surface area contributed by atoms with Crippen LogP contribution in [0.5, 0.6) is 0 Å². The van der Waals surface area contributed by atoms with Crippen molar-refractivity contribution in [3.63, 3.8) is 0 Å². The molecular weight excluding hydrogens is 336 g/mol. The average molecular weight is 362 g/mol. The molecular formula is C23H26N2O2. The molecule has 2 aromatic carbocycles. The molecule has 3 aromatic rings. The highest BCUT2D eigenvalue weighted by atomic mass is 16.3. The van der Waals surface area contributed by atoms with Crippen LogP contribution in [0.15, 0.2) is 77.4 Å². The van der Waals surface area contributed by atoms with Crippen molar-refractivity contribution in [3.8, 4) is 0 Å². The molecule has 1 heterocycles. The first-order valence-electron chi connectivity index (χ1n) is 9.39. The molecule has 0 bridgehead atoms. The number of furan rings is 1. The van der Waals surface area contributed by atoms with Gasteiger partial charge in [0.05, 0.1) is 18.8 Å². The van der Waals surface area contributed by atoms with Crippen molar-refractivity contribution in [2.24, 2.45) is 0 Å². The molecule has 0 aliphatic carbocycles. The van der Waals surface area contributed by atoms with Crippen molar-refractivity contribution in [2.45, 2.75) is 32.2 Å². The Morgan fingerprint density at radius 1 is 0.963 bits per heavy atom. The highest BCUT2D eigenvalue weighted by molar-refractivity contribution is 5.92. The SMILES string of the molecule is CC[C@H](C)c1ccc(NC(=O)CN[C@H](c2ccccc2)c2ccco2)cc1. The van der Waals surface area contributed by atoms with E-state index in [-0.39, 0.29) is 18.5 Å². The maximum absolute atomic E-state index is 12.4. The molecule has 0 saturated carbocycles. The van der Waals surface area contributed by atoms with Gasteiger partial charge in [-0.2, -0.15) is 0 Å². The van der Waals surface area contributed by atoms with Crippen molar-refractivity contribution in [1.29, 1.82) is 0 Å². The lowest BCUT2D eigenvalue weighted by Gasteiger charge is -2.17. The second kappa shape index (κ2) is 9.19.